The molecule has 110 valence electrons. The summed E-state index contributed by atoms with van der Waals surface area (Å²) in [5.41, 5.74) is 7.78. The van der Waals surface area contributed by atoms with Crippen molar-refractivity contribution in [1.82, 2.24) is 9.78 Å². The Morgan fingerprint density at radius 2 is 2.00 bits per heavy atom. The summed E-state index contributed by atoms with van der Waals surface area (Å²) in [6, 6.07) is 12.4. The minimum absolute atomic E-state index is 0.414. The third-order valence-electron chi connectivity index (χ3n) is 3.82. The van der Waals surface area contributed by atoms with E-state index >= 15 is 0 Å². The van der Waals surface area contributed by atoms with Crippen LogP contribution >= 0.6 is 0 Å². The van der Waals surface area contributed by atoms with Gasteiger partial charge >= 0.3 is 0 Å². The molecule has 3 rings (SSSR count). The first kappa shape index (κ1) is 13.7. The van der Waals surface area contributed by atoms with Crippen molar-refractivity contribution in [1.29, 1.82) is 0 Å². The highest BCUT2D eigenvalue weighted by atomic mass is 15.3. The summed E-state index contributed by atoms with van der Waals surface area (Å²) in [5.74, 6) is 0.414. The van der Waals surface area contributed by atoms with E-state index in [1.807, 2.05) is 36.4 Å². The number of rotatable bonds is 4. The second kappa shape index (κ2) is 6.43. The Kier molecular flexibility index (Phi) is 4.19. The molecule has 2 aromatic rings. The molecule has 5 heteroatoms. The van der Waals surface area contributed by atoms with Crippen LogP contribution in [0.15, 0.2) is 47.6 Å². The van der Waals surface area contributed by atoms with Crippen molar-refractivity contribution in [2.45, 2.75) is 38.3 Å². The highest BCUT2D eigenvalue weighted by molar-refractivity contribution is 5.92. The largest absolute Gasteiger partial charge is 0.370 e. The monoisotopic (exact) mass is 283 g/mol. The van der Waals surface area contributed by atoms with Gasteiger partial charge in [0.2, 0.25) is 0 Å². The van der Waals surface area contributed by atoms with Crippen LogP contribution in [0.5, 0.6) is 0 Å². The van der Waals surface area contributed by atoms with Crippen molar-refractivity contribution >= 4 is 11.6 Å². The molecule has 0 bridgehead atoms. The Balaban J connectivity index is 1.57. The third kappa shape index (κ3) is 3.62. The van der Waals surface area contributed by atoms with E-state index in [9.17, 15) is 0 Å². The number of anilines is 1. The molecule has 0 atom stereocenters. The maximum absolute atomic E-state index is 5.89. The van der Waals surface area contributed by atoms with Crippen LogP contribution in [-0.4, -0.2) is 15.7 Å². The molecule has 21 heavy (non-hydrogen) atoms. The van der Waals surface area contributed by atoms with E-state index in [0.29, 0.717) is 18.5 Å². The molecule has 0 amide bonds. The van der Waals surface area contributed by atoms with Gasteiger partial charge < -0.3 is 11.1 Å². The minimum atomic E-state index is 0.414. The van der Waals surface area contributed by atoms with Crippen molar-refractivity contribution in [2.24, 2.45) is 10.7 Å². The fourth-order valence-electron chi connectivity index (χ4n) is 2.71. The van der Waals surface area contributed by atoms with Crippen molar-refractivity contribution in [3.63, 3.8) is 0 Å². The van der Waals surface area contributed by atoms with Crippen LogP contribution in [0.1, 0.15) is 37.4 Å². The molecule has 0 radical (unpaired) electrons. The zero-order chi connectivity index (χ0) is 14.5. The third-order valence-corrected chi connectivity index (χ3v) is 3.82. The van der Waals surface area contributed by atoms with Crippen molar-refractivity contribution < 1.29 is 0 Å². The molecule has 1 aliphatic rings. The molecule has 0 spiro atoms. The lowest BCUT2D eigenvalue weighted by atomic mass is 10.3. The predicted molar refractivity (Wildman–Crippen MR) is 85.1 cm³/mol. The Hall–Kier alpha value is -2.30. The van der Waals surface area contributed by atoms with Crippen LogP contribution in [0.25, 0.3) is 0 Å². The van der Waals surface area contributed by atoms with Crippen LogP contribution < -0.4 is 11.1 Å². The standard InChI is InChI=1S/C16H21N5/c17-16(19-13-6-2-1-3-7-13)18-12-14-10-11-21(20-14)15-8-4-5-9-15/h1-3,6-7,10-11,15H,4-5,8-9,12H2,(H3,17,18,19). The maximum atomic E-state index is 5.89. The van der Waals surface area contributed by atoms with Gasteiger partial charge in [0.15, 0.2) is 5.96 Å². The second-order valence-electron chi connectivity index (χ2n) is 5.42. The molecular formula is C16H21N5. The SMILES string of the molecule is NC(=NCc1ccn(C2CCCC2)n1)Nc1ccccc1. The number of guanidine groups is 1. The number of hydrogen-bond acceptors (Lipinski definition) is 2. The Bertz CT molecular complexity index is 596. The van der Waals surface area contributed by atoms with E-state index in [1.165, 1.54) is 25.7 Å². The molecule has 0 saturated heterocycles. The molecule has 3 N–H and O–H groups in total. The first-order valence-electron chi connectivity index (χ1n) is 7.47. The lowest BCUT2D eigenvalue weighted by Gasteiger charge is -2.08. The summed E-state index contributed by atoms with van der Waals surface area (Å²) < 4.78 is 2.08. The first-order chi connectivity index (χ1) is 10.3. The molecular weight excluding hydrogens is 262 g/mol. The van der Waals surface area contributed by atoms with Gasteiger partial charge in [0.05, 0.1) is 18.3 Å². The number of benzene rings is 1. The van der Waals surface area contributed by atoms with Crippen molar-refractivity contribution in [3.8, 4) is 0 Å². The average molecular weight is 283 g/mol. The molecule has 1 aromatic carbocycles. The Morgan fingerprint density at radius 1 is 1.24 bits per heavy atom. The summed E-state index contributed by atoms with van der Waals surface area (Å²) in [5, 5.41) is 7.66. The van der Waals surface area contributed by atoms with E-state index in [0.717, 1.165) is 11.4 Å². The fourth-order valence-corrected chi connectivity index (χ4v) is 2.71. The highest BCUT2D eigenvalue weighted by Crippen LogP contribution is 2.28. The van der Waals surface area contributed by atoms with Gasteiger partial charge in [-0.2, -0.15) is 5.10 Å². The molecule has 5 nitrogen and oxygen atoms in total. The quantitative estimate of drug-likeness (QED) is 0.669. The number of hydrogen-bond donors (Lipinski definition) is 2. The first-order valence-corrected chi connectivity index (χ1v) is 7.47. The van der Waals surface area contributed by atoms with Crippen LogP contribution in [0.3, 0.4) is 0 Å². The lowest BCUT2D eigenvalue weighted by molar-refractivity contribution is 0.463. The lowest BCUT2D eigenvalue weighted by Crippen LogP contribution is -2.22. The molecule has 1 aliphatic carbocycles. The van der Waals surface area contributed by atoms with Gasteiger partial charge in [0.1, 0.15) is 0 Å². The summed E-state index contributed by atoms with van der Waals surface area (Å²) in [6.45, 7) is 0.505. The minimum Gasteiger partial charge on any atom is -0.370 e. The Labute approximate surface area is 124 Å². The average Bonchev–Trinajstić information content (AvgIpc) is 3.17. The number of nitrogens with zero attached hydrogens (tertiary/aromatic N) is 3. The van der Waals surface area contributed by atoms with Gasteiger partial charge in [-0.05, 0) is 31.0 Å². The normalized spacial score (nSPS) is 16.3. The number of aromatic nitrogens is 2. The Morgan fingerprint density at radius 3 is 2.76 bits per heavy atom. The van der Waals surface area contributed by atoms with Crippen LogP contribution in [0.2, 0.25) is 0 Å². The number of nitrogens with two attached hydrogens (primary N) is 1. The van der Waals surface area contributed by atoms with Gasteiger partial charge in [-0.15, -0.1) is 0 Å². The summed E-state index contributed by atoms with van der Waals surface area (Å²) in [7, 11) is 0. The highest BCUT2D eigenvalue weighted by Gasteiger charge is 2.17. The smallest absolute Gasteiger partial charge is 0.193 e. The fraction of sp³-hybridized carbons (Fsp3) is 0.375. The molecule has 1 heterocycles. The van der Waals surface area contributed by atoms with E-state index < -0.39 is 0 Å². The summed E-state index contributed by atoms with van der Waals surface area (Å²) in [4.78, 5) is 4.34. The van der Waals surface area contributed by atoms with Crippen molar-refractivity contribution in [3.05, 3.63) is 48.3 Å². The second-order valence-corrected chi connectivity index (χ2v) is 5.42. The molecule has 1 aromatic heterocycles. The van der Waals surface area contributed by atoms with Crippen LogP contribution in [-0.2, 0) is 6.54 Å². The van der Waals surface area contributed by atoms with E-state index in [2.05, 4.69) is 26.3 Å². The van der Waals surface area contributed by atoms with Gasteiger partial charge in [-0.3, -0.25) is 4.68 Å². The summed E-state index contributed by atoms with van der Waals surface area (Å²) >= 11 is 0. The summed E-state index contributed by atoms with van der Waals surface area (Å²) in [6.07, 6.45) is 7.16. The van der Waals surface area contributed by atoms with E-state index in [4.69, 9.17) is 5.73 Å². The van der Waals surface area contributed by atoms with Gasteiger partial charge in [-0.25, -0.2) is 4.99 Å². The topological polar surface area (TPSA) is 68.2 Å². The van der Waals surface area contributed by atoms with Gasteiger partial charge in [0.25, 0.3) is 0 Å². The molecule has 1 saturated carbocycles. The van der Waals surface area contributed by atoms with Gasteiger partial charge in [0, 0.05) is 11.9 Å². The number of para-hydroxylation sites is 1. The van der Waals surface area contributed by atoms with Crippen molar-refractivity contribution in [2.75, 3.05) is 5.32 Å². The zero-order valence-electron chi connectivity index (χ0n) is 12.1. The van der Waals surface area contributed by atoms with Crippen LogP contribution in [0, 0.1) is 0 Å². The number of aliphatic imine (C=N–C) groups is 1. The number of nitrogens with one attached hydrogen (secondary N) is 1. The zero-order valence-corrected chi connectivity index (χ0v) is 12.1. The van der Waals surface area contributed by atoms with Gasteiger partial charge in [-0.1, -0.05) is 31.0 Å². The maximum Gasteiger partial charge on any atom is 0.193 e. The predicted octanol–water partition coefficient (Wildman–Crippen LogP) is 2.93. The molecule has 0 unspecified atom stereocenters. The van der Waals surface area contributed by atoms with E-state index in [-0.39, 0.29) is 0 Å². The molecule has 1 fully saturated rings. The van der Waals surface area contributed by atoms with E-state index in [1.54, 1.807) is 0 Å². The van der Waals surface area contributed by atoms with Crippen LogP contribution in [0.4, 0.5) is 5.69 Å². The molecule has 0 aliphatic heterocycles.